The van der Waals surface area contributed by atoms with Gasteiger partial charge < -0.3 is 10.5 Å². The van der Waals surface area contributed by atoms with Crippen LogP contribution in [0.1, 0.15) is 9.67 Å². The Labute approximate surface area is 107 Å². The summed E-state index contributed by atoms with van der Waals surface area (Å²) in [6.45, 7) is 0.450. The van der Waals surface area contributed by atoms with E-state index in [-0.39, 0.29) is 13.2 Å². The Kier molecular flexibility index (Phi) is 5.20. The lowest BCUT2D eigenvalue weighted by Gasteiger charge is -2.20. The highest BCUT2D eigenvalue weighted by Crippen LogP contribution is 2.21. The Morgan fingerprint density at radius 3 is 2.76 bits per heavy atom. The van der Waals surface area contributed by atoms with Gasteiger partial charge in [0.1, 0.15) is 0 Å². The summed E-state index contributed by atoms with van der Waals surface area (Å²) < 4.78 is 5.29. The van der Waals surface area contributed by atoms with Crippen molar-refractivity contribution < 1.29 is 14.3 Å². The molecule has 0 aromatic carbocycles. The molecule has 94 valence electrons. The molecule has 17 heavy (non-hydrogen) atoms. The maximum absolute atomic E-state index is 11.7. The van der Waals surface area contributed by atoms with Gasteiger partial charge in [-0.3, -0.25) is 10.2 Å². The van der Waals surface area contributed by atoms with Crippen LogP contribution in [0.15, 0.2) is 12.1 Å². The molecule has 1 aromatic heterocycles. The SMILES string of the molecule is COCCN(NC(=O)c1ccc(Cl)s1)C(N)=O. The molecule has 0 bridgehead atoms. The third kappa shape index (κ3) is 4.22. The molecule has 8 heteroatoms. The highest BCUT2D eigenvalue weighted by atomic mass is 35.5. The Bertz CT molecular complexity index is 410. The highest BCUT2D eigenvalue weighted by molar-refractivity contribution is 7.17. The molecule has 1 aromatic rings. The fourth-order valence-electron chi connectivity index (χ4n) is 1.02. The second-order valence-electron chi connectivity index (χ2n) is 3.03. The van der Waals surface area contributed by atoms with E-state index in [4.69, 9.17) is 22.1 Å². The molecule has 0 aliphatic carbocycles. The van der Waals surface area contributed by atoms with E-state index in [2.05, 4.69) is 5.43 Å². The van der Waals surface area contributed by atoms with Gasteiger partial charge in [-0.05, 0) is 12.1 Å². The number of primary amides is 1. The first-order valence-electron chi connectivity index (χ1n) is 4.67. The monoisotopic (exact) mass is 277 g/mol. The van der Waals surface area contributed by atoms with Crippen LogP contribution in [0.5, 0.6) is 0 Å². The van der Waals surface area contributed by atoms with Crippen molar-refractivity contribution in [1.29, 1.82) is 0 Å². The Morgan fingerprint density at radius 2 is 2.29 bits per heavy atom. The van der Waals surface area contributed by atoms with Gasteiger partial charge in [0, 0.05) is 7.11 Å². The lowest BCUT2D eigenvalue weighted by molar-refractivity contribution is 0.0790. The predicted octanol–water partition coefficient (Wildman–Crippen LogP) is 1.07. The Morgan fingerprint density at radius 1 is 1.59 bits per heavy atom. The van der Waals surface area contributed by atoms with Crippen molar-refractivity contribution in [2.24, 2.45) is 5.73 Å². The van der Waals surface area contributed by atoms with E-state index in [1.807, 2.05) is 0 Å². The molecular weight excluding hydrogens is 266 g/mol. The van der Waals surface area contributed by atoms with E-state index in [0.29, 0.717) is 9.21 Å². The van der Waals surface area contributed by atoms with Crippen molar-refractivity contribution >= 4 is 34.9 Å². The predicted molar refractivity (Wildman–Crippen MR) is 65.0 cm³/mol. The van der Waals surface area contributed by atoms with Gasteiger partial charge >= 0.3 is 6.03 Å². The van der Waals surface area contributed by atoms with Gasteiger partial charge in [0.15, 0.2) is 0 Å². The van der Waals surface area contributed by atoms with E-state index in [0.717, 1.165) is 16.3 Å². The largest absolute Gasteiger partial charge is 0.383 e. The summed E-state index contributed by atoms with van der Waals surface area (Å²) in [5.41, 5.74) is 7.48. The van der Waals surface area contributed by atoms with Crippen LogP contribution in [0.2, 0.25) is 4.34 Å². The van der Waals surface area contributed by atoms with E-state index < -0.39 is 11.9 Å². The minimum atomic E-state index is -0.752. The van der Waals surface area contributed by atoms with Crippen molar-refractivity contribution in [2.75, 3.05) is 20.3 Å². The molecule has 0 spiro atoms. The van der Waals surface area contributed by atoms with Gasteiger partial charge in [-0.25, -0.2) is 9.80 Å². The number of nitrogens with two attached hydrogens (primary N) is 1. The van der Waals surface area contributed by atoms with Gasteiger partial charge in [0.2, 0.25) is 0 Å². The molecule has 1 heterocycles. The van der Waals surface area contributed by atoms with E-state index in [1.54, 1.807) is 12.1 Å². The summed E-state index contributed by atoms with van der Waals surface area (Å²) in [5.74, 6) is -0.434. The van der Waals surface area contributed by atoms with Crippen LogP contribution in [-0.4, -0.2) is 37.2 Å². The number of hydrogen-bond donors (Lipinski definition) is 2. The molecule has 0 saturated heterocycles. The molecule has 0 aliphatic rings. The normalized spacial score (nSPS) is 10.0. The van der Waals surface area contributed by atoms with Crippen molar-refractivity contribution in [3.8, 4) is 0 Å². The molecule has 0 aliphatic heterocycles. The summed E-state index contributed by atoms with van der Waals surface area (Å²) in [4.78, 5) is 23.1. The van der Waals surface area contributed by atoms with E-state index in [9.17, 15) is 9.59 Å². The van der Waals surface area contributed by atoms with Crippen molar-refractivity contribution in [3.63, 3.8) is 0 Å². The van der Waals surface area contributed by atoms with Gasteiger partial charge in [-0.2, -0.15) is 0 Å². The smallest absolute Gasteiger partial charge is 0.333 e. The summed E-state index contributed by atoms with van der Waals surface area (Å²) in [6, 6.07) is 2.42. The van der Waals surface area contributed by atoms with E-state index in [1.165, 1.54) is 7.11 Å². The zero-order valence-electron chi connectivity index (χ0n) is 9.10. The maximum Gasteiger partial charge on any atom is 0.333 e. The number of nitrogens with one attached hydrogen (secondary N) is 1. The first-order chi connectivity index (χ1) is 8.04. The Hall–Kier alpha value is -1.31. The lowest BCUT2D eigenvalue weighted by atomic mass is 10.4. The van der Waals surface area contributed by atoms with Gasteiger partial charge in [0.25, 0.3) is 5.91 Å². The van der Waals surface area contributed by atoms with Crippen LogP contribution in [-0.2, 0) is 4.74 Å². The fourth-order valence-corrected chi connectivity index (χ4v) is 1.95. The number of ether oxygens (including phenoxy) is 1. The van der Waals surface area contributed by atoms with E-state index >= 15 is 0 Å². The molecule has 0 atom stereocenters. The van der Waals surface area contributed by atoms with Crippen LogP contribution < -0.4 is 11.2 Å². The molecule has 0 saturated carbocycles. The first-order valence-corrected chi connectivity index (χ1v) is 5.86. The Balaban J connectivity index is 2.60. The van der Waals surface area contributed by atoms with Crippen LogP contribution in [0.3, 0.4) is 0 Å². The van der Waals surface area contributed by atoms with Crippen LogP contribution in [0.4, 0.5) is 4.79 Å². The number of hydrogen-bond acceptors (Lipinski definition) is 4. The zero-order chi connectivity index (χ0) is 12.8. The molecule has 0 fully saturated rings. The summed E-state index contributed by atoms with van der Waals surface area (Å²) >= 11 is 6.82. The summed E-state index contributed by atoms with van der Waals surface area (Å²) in [7, 11) is 1.49. The maximum atomic E-state index is 11.7. The highest BCUT2D eigenvalue weighted by Gasteiger charge is 2.15. The van der Waals surface area contributed by atoms with Gasteiger partial charge in [-0.15, -0.1) is 11.3 Å². The van der Waals surface area contributed by atoms with Crippen molar-refractivity contribution in [3.05, 3.63) is 21.3 Å². The molecule has 6 nitrogen and oxygen atoms in total. The number of thiophene rings is 1. The topological polar surface area (TPSA) is 84.7 Å². The number of urea groups is 1. The average molecular weight is 278 g/mol. The first kappa shape index (κ1) is 13.8. The molecule has 3 amide bonds. The third-order valence-corrected chi connectivity index (χ3v) is 3.05. The van der Waals surface area contributed by atoms with Crippen molar-refractivity contribution in [2.45, 2.75) is 0 Å². The van der Waals surface area contributed by atoms with Crippen LogP contribution in [0, 0.1) is 0 Å². The van der Waals surface area contributed by atoms with Crippen LogP contribution in [0.25, 0.3) is 0 Å². The average Bonchev–Trinajstić information content (AvgIpc) is 2.70. The number of hydrazine groups is 1. The molecule has 0 radical (unpaired) electrons. The number of carbonyl (C=O) groups excluding carboxylic acids is 2. The number of halogens is 1. The lowest BCUT2D eigenvalue weighted by Crippen LogP contribution is -2.50. The molecule has 3 N–H and O–H groups in total. The van der Waals surface area contributed by atoms with Gasteiger partial charge in [-0.1, -0.05) is 11.6 Å². The second kappa shape index (κ2) is 6.43. The molecular formula is C9H12ClN3O3S. The van der Waals surface area contributed by atoms with Crippen LogP contribution >= 0.6 is 22.9 Å². The number of rotatable bonds is 4. The fraction of sp³-hybridized carbons (Fsp3) is 0.333. The minimum absolute atomic E-state index is 0.177. The van der Waals surface area contributed by atoms with Crippen molar-refractivity contribution in [1.82, 2.24) is 10.4 Å². The number of methoxy groups -OCH3 is 1. The number of nitrogens with zero attached hydrogens (tertiary/aromatic N) is 1. The number of amides is 3. The minimum Gasteiger partial charge on any atom is -0.383 e. The number of carbonyl (C=O) groups is 2. The quantitative estimate of drug-likeness (QED) is 0.808. The molecule has 0 unspecified atom stereocenters. The second-order valence-corrected chi connectivity index (χ2v) is 4.74. The summed E-state index contributed by atoms with van der Waals surface area (Å²) in [6.07, 6.45) is 0. The standard InChI is InChI=1S/C9H12ClN3O3S/c1-16-5-4-13(9(11)15)12-8(14)6-2-3-7(10)17-6/h2-3H,4-5H2,1H3,(H2,11,15)(H,12,14). The molecule has 1 rings (SSSR count). The summed E-state index contributed by atoms with van der Waals surface area (Å²) in [5, 5.41) is 0.986. The third-order valence-electron chi connectivity index (χ3n) is 1.82. The zero-order valence-corrected chi connectivity index (χ0v) is 10.7. The van der Waals surface area contributed by atoms with Gasteiger partial charge in [0.05, 0.1) is 22.4 Å².